The van der Waals surface area contributed by atoms with Crippen molar-refractivity contribution in [1.82, 2.24) is 4.90 Å². The van der Waals surface area contributed by atoms with Crippen molar-refractivity contribution in [1.29, 1.82) is 0 Å². The minimum absolute atomic E-state index is 0.0735. The van der Waals surface area contributed by atoms with Crippen molar-refractivity contribution >= 4 is 5.97 Å². The second kappa shape index (κ2) is 6.97. The van der Waals surface area contributed by atoms with Gasteiger partial charge in [-0.05, 0) is 11.1 Å². The Labute approximate surface area is 136 Å². The van der Waals surface area contributed by atoms with E-state index in [4.69, 9.17) is 4.74 Å². The maximum atomic E-state index is 12.2. The maximum Gasteiger partial charge on any atom is 0.336 e. The number of allylic oxidation sites excluding steroid dienone is 1. The van der Waals surface area contributed by atoms with Crippen LogP contribution in [0.2, 0.25) is 0 Å². The summed E-state index contributed by atoms with van der Waals surface area (Å²) in [7, 11) is 1.42. The Kier molecular flexibility index (Phi) is 4.57. The van der Waals surface area contributed by atoms with E-state index in [-0.39, 0.29) is 11.9 Å². The molecule has 1 aliphatic rings. The van der Waals surface area contributed by atoms with Crippen molar-refractivity contribution in [3.63, 3.8) is 0 Å². The summed E-state index contributed by atoms with van der Waals surface area (Å²) in [5.41, 5.74) is 2.92. The van der Waals surface area contributed by atoms with Crippen LogP contribution in [0.3, 0.4) is 0 Å². The monoisotopic (exact) mass is 305 g/mol. The molecular formula is C20H19NO2. The van der Waals surface area contributed by atoms with E-state index in [1.165, 1.54) is 12.7 Å². The predicted molar refractivity (Wildman–Crippen MR) is 90.4 cm³/mol. The van der Waals surface area contributed by atoms with Gasteiger partial charge in [-0.15, -0.1) is 0 Å². The highest BCUT2D eigenvalue weighted by Crippen LogP contribution is 2.30. The van der Waals surface area contributed by atoms with Crippen molar-refractivity contribution in [2.24, 2.45) is 0 Å². The van der Waals surface area contributed by atoms with Crippen molar-refractivity contribution in [3.8, 4) is 0 Å². The van der Waals surface area contributed by atoms with Gasteiger partial charge in [0.15, 0.2) is 0 Å². The summed E-state index contributed by atoms with van der Waals surface area (Å²) in [6.45, 7) is 0.722. The van der Waals surface area contributed by atoms with Crippen molar-refractivity contribution < 1.29 is 9.53 Å². The number of nitrogens with zero attached hydrogens (tertiary/aromatic N) is 1. The molecule has 1 atom stereocenters. The molecule has 116 valence electrons. The number of rotatable bonds is 4. The molecule has 1 aliphatic heterocycles. The molecule has 0 radical (unpaired) electrons. The number of ether oxygens (including phenoxy) is 1. The molecule has 0 fully saturated rings. The lowest BCUT2D eigenvalue weighted by Gasteiger charge is -2.26. The summed E-state index contributed by atoms with van der Waals surface area (Å²) in [6, 6.07) is 20.2. The quantitative estimate of drug-likeness (QED) is 0.803. The summed E-state index contributed by atoms with van der Waals surface area (Å²) in [5, 5.41) is 0. The molecule has 3 nitrogen and oxygen atoms in total. The van der Waals surface area contributed by atoms with Crippen LogP contribution in [0.25, 0.3) is 0 Å². The lowest BCUT2D eigenvalue weighted by Crippen LogP contribution is -2.21. The van der Waals surface area contributed by atoms with E-state index < -0.39 is 0 Å². The van der Waals surface area contributed by atoms with E-state index in [2.05, 4.69) is 12.1 Å². The van der Waals surface area contributed by atoms with E-state index in [0.29, 0.717) is 5.57 Å². The van der Waals surface area contributed by atoms with Gasteiger partial charge in [-0.25, -0.2) is 4.79 Å². The fourth-order valence-electron chi connectivity index (χ4n) is 2.74. The third kappa shape index (κ3) is 3.51. The van der Waals surface area contributed by atoms with Gasteiger partial charge >= 0.3 is 5.97 Å². The number of methoxy groups -OCH3 is 1. The van der Waals surface area contributed by atoms with Gasteiger partial charge < -0.3 is 9.64 Å². The number of carbonyl (C=O) groups is 1. The lowest BCUT2D eigenvalue weighted by atomic mass is 9.90. The molecule has 0 aliphatic carbocycles. The molecule has 3 heteroatoms. The second-order valence-electron chi connectivity index (χ2n) is 5.46. The summed E-state index contributed by atoms with van der Waals surface area (Å²) in [6.07, 6.45) is 5.96. The van der Waals surface area contributed by atoms with E-state index in [1.54, 1.807) is 0 Å². The van der Waals surface area contributed by atoms with Crippen LogP contribution < -0.4 is 0 Å². The summed E-state index contributed by atoms with van der Waals surface area (Å²) in [5.74, 6) is -0.364. The van der Waals surface area contributed by atoms with Gasteiger partial charge in [0.1, 0.15) is 0 Å². The molecule has 1 unspecified atom stereocenters. The Balaban J connectivity index is 1.87. The van der Waals surface area contributed by atoms with Gasteiger partial charge in [0.2, 0.25) is 0 Å². The average Bonchev–Trinajstić information content (AvgIpc) is 2.62. The molecule has 0 N–H and O–H groups in total. The van der Waals surface area contributed by atoms with Gasteiger partial charge in [0, 0.05) is 24.9 Å². The molecule has 23 heavy (non-hydrogen) atoms. The Hall–Kier alpha value is -2.81. The molecule has 2 aromatic carbocycles. The molecule has 2 aromatic rings. The van der Waals surface area contributed by atoms with Gasteiger partial charge in [0.05, 0.1) is 12.7 Å². The largest absolute Gasteiger partial charge is 0.466 e. The first kappa shape index (κ1) is 15.1. The van der Waals surface area contributed by atoms with Gasteiger partial charge in [0.25, 0.3) is 0 Å². The summed E-state index contributed by atoms with van der Waals surface area (Å²) in [4.78, 5) is 14.2. The first-order chi connectivity index (χ1) is 11.3. The Morgan fingerprint density at radius 3 is 2.35 bits per heavy atom. The smallest absolute Gasteiger partial charge is 0.336 e. The van der Waals surface area contributed by atoms with Gasteiger partial charge in [-0.1, -0.05) is 66.7 Å². The normalized spacial score (nSPS) is 16.8. The van der Waals surface area contributed by atoms with Crippen molar-refractivity contribution in [2.75, 3.05) is 7.11 Å². The third-order valence-electron chi connectivity index (χ3n) is 3.90. The van der Waals surface area contributed by atoms with E-state index in [0.717, 1.165) is 12.1 Å². The molecule has 3 rings (SSSR count). The summed E-state index contributed by atoms with van der Waals surface area (Å²) < 4.78 is 4.97. The zero-order chi connectivity index (χ0) is 16.1. The van der Waals surface area contributed by atoms with Gasteiger partial charge in [-0.3, -0.25) is 0 Å². The van der Waals surface area contributed by atoms with Crippen LogP contribution in [0.1, 0.15) is 17.0 Å². The zero-order valence-corrected chi connectivity index (χ0v) is 13.1. The standard InChI is InChI=1S/C20H19NO2/c1-23-20(22)19-15-21(14-16-8-4-2-5-9-16)13-12-18(19)17-10-6-3-7-11-17/h2-13,15,18H,14H2,1H3. The topological polar surface area (TPSA) is 29.5 Å². The minimum Gasteiger partial charge on any atom is -0.466 e. The lowest BCUT2D eigenvalue weighted by molar-refractivity contribution is -0.136. The SMILES string of the molecule is COC(=O)C1=CN(Cc2ccccc2)C=CC1c1ccccc1. The minimum atomic E-state index is -0.290. The van der Waals surface area contributed by atoms with E-state index >= 15 is 0 Å². The molecule has 0 spiro atoms. The fraction of sp³-hybridized carbons (Fsp3) is 0.150. The first-order valence-corrected chi connectivity index (χ1v) is 7.61. The average molecular weight is 305 g/mol. The highest BCUT2D eigenvalue weighted by molar-refractivity contribution is 5.91. The Morgan fingerprint density at radius 1 is 1.04 bits per heavy atom. The highest BCUT2D eigenvalue weighted by atomic mass is 16.5. The van der Waals surface area contributed by atoms with Crippen LogP contribution in [0.15, 0.2) is 84.7 Å². The Morgan fingerprint density at radius 2 is 1.70 bits per heavy atom. The van der Waals surface area contributed by atoms with Gasteiger partial charge in [-0.2, -0.15) is 0 Å². The molecule has 0 amide bonds. The van der Waals surface area contributed by atoms with E-state index in [1.807, 2.05) is 71.9 Å². The van der Waals surface area contributed by atoms with Crippen LogP contribution in [-0.2, 0) is 16.1 Å². The number of esters is 1. The third-order valence-corrected chi connectivity index (χ3v) is 3.90. The van der Waals surface area contributed by atoms with Crippen molar-refractivity contribution in [3.05, 3.63) is 95.8 Å². The van der Waals surface area contributed by atoms with Crippen LogP contribution in [0.5, 0.6) is 0 Å². The molecule has 0 bridgehead atoms. The fourth-order valence-corrected chi connectivity index (χ4v) is 2.74. The van der Waals surface area contributed by atoms with E-state index in [9.17, 15) is 4.79 Å². The number of hydrogen-bond donors (Lipinski definition) is 0. The van der Waals surface area contributed by atoms with Crippen LogP contribution in [0, 0.1) is 0 Å². The number of benzene rings is 2. The first-order valence-electron chi connectivity index (χ1n) is 7.61. The number of hydrogen-bond acceptors (Lipinski definition) is 3. The summed E-state index contributed by atoms with van der Waals surface area (Å²) >= 11 is 0. The van der Waals surface area contributed by atoms with Crippen molar-refractivity contribution in [2.45, 2.75) is 12.5 Å². The molecular weight excluding hydrogens is 286 g/mol. The van der Waals surface area contributed by atoms with Crippen LogP contribution >= 0.6 is 0 Å². The van der Waals surface area contributed by atoms with Crippen LogP contribution in [-0.4, -0.2) is 18.0 Å². The molecule has 0 aromatic heterocycles. The predicted octanol–water partition coefficient (Wildman–Crippen LogP) is 3.86. The highest BCUT2D eigenvalue weighted by Gasteiger charge is 2.25. The molecule has 0 saturated heterocycles. The Bertz CT molecular complexity index is 720. The number of carbonyl (C=O) groups excluding carboxylic acids is 1. The van der Waals surface area contributed by atoms with Crippen LogP contribution in [0.4, 0.5) is 0 Å². The zero-order valence-electron chi connectivity index (χ0n) is 13.1. The second-order valence-corrected chi connectivity index (χ2v) is 5.46. The maximum absolute atomic E-state index is 12.2. The molecule has 1 heterocycles. The molecule has 0 saturated carbocycles.